The van der Waals surface area contributed by atoms with Crippen molar-refractivity contribution in [2.75, 3.05) is 0 Å². The topological polar surface area (TPSA) is 39.8 Å². The van der Waals surface area contributed by atoms with E-state index in [1.54, 1.807) is 16.1 Å². The summed E-state index contributed by atoms with van der Waals surface area (Å²) in [4.78, 5) is 15.5. The number of aromatic nitrogens is 3. The molecule has 4 nitrogen and oxygen atoms in total. The maximum absolute atomic E-state index is 11.2. The zero-order valence-electron chi connectivity index (χ0n) is 7.88. The molecule has 2 aromatic rings. The van der Waals surface area contributed by atoms with Gasteiger partial charge >= 0.3 is 4.87 Å². The van der Waals surface area contributed by atoms with Crippen molar-refractivity contribution in [2.45, 2.75) is 13.0 Å². The molecule has 0 saturated carbocycles. The Hall–Kier alpha value is -1.36. The molecule has 0 aliphatic rings. The molecular weight excluding hydrogens is 198 g/mol. The van der Waals surface area contributed by atoms with Gasteiger partial charge in [0.25, 0.3) is 0 Å². The van der Waals surface area contributed by atoms with E-state index in [2.05, 4.69) is 4.98 Å². The summed E-state index contributed by atoms with van der Waals surface area (Å²) < 4.78 is 3.68. The summed E-state index contributed by atoms with van der Waals surface area (Å²) in [5.74, 6) is 1.00. The van der Waals surface area contributed by atoms with E-state index < -0.39 is 0 Å². The first-order chi connectivity index (χ1) is 6.77. The number of aryl methyl sites for hydroxylation is 3. The average Bonchev–Trinajstić information content (AvgIpc) is 2.72. The molecule has 0 atom stereocenters. The van der Waals surface area contributed by atoms with Crippen LogP contribution in [0, 0.1) is 0 Å². The van der Waals surface area contributed by atoms with Crippen LogP contribution in [0.25, 0.3) is 0 Å². The van der Waals surface area contributed by atoms with Gasteiger partial charge in [-0.25, -0.2) is 4.98 Å². The molecule has 0 amide bonds. The van der Waals surface area contributed by atoms with Crippen LogP contribution in [0.5, 0.6) is 0 Å². The molecule has 0 N–H and O–H groups in total. The van der Waals surface area contributed by atoms with Crippen LogP contribution in [-0.2, 0) is 20.0 Å². The second-order valence-corrected chi connectivity index (χ2v) is 3.92. The van der Waals surface area contributed by atoms with Gasteiger partial charge in [-0.15, -0.1) is 0 Å². The van der Waals surface area contributed by atoms with Gasteiger partial charge in [-0.05, 0) is 0 Å². The summed E-state index contributed by atoms with van der Waals surface area (Å²) in [5.41, 5.74) is 0. The Morgan fingerprint density at radius 1 is 1.50 bits per heavy atom. The molecule has 0 fully saturated rings. The highest BCUT2D eigenvalue weighted by molar-refractivity contribution is 7.07. The number of hydrogen-bond donors (Lipinski definition) is 0. The number of hydrogen-bond acceptors (Lipinski definition) is 3. The fourth-order valence-electron chi connectivity index (χ4n) is 1.31. The molecule has 0 bridgehead atoms. The first kappa shape index (κ1) is 9.21. The third kappa shape index (κ3) is 1.77. The Labute approximate surface area is 85.5 Å². The van der Waals surface area contributed by atoms with Gasteiger partial charge in [0, 0.05) is 44.0 Å². The largest absolute Gasteiger partial charge is 0.338 e. The van der Waals surface area contributed by atoms with Crippen LogP contribution in [0.2, 0.25) is 0 Å². The maximum Gasteiger partial charge on any atom is 0.307 e. The Kier molecular flexibility index (Phi) is 2.49. The van der Waals surface area contributed by atoms with Gasteiger partial charge in [-0.2, -0.15) is 0 Å². The molecule has 14 heavy (non-hydrogen) atoms. The smallest absolute Gasteiger partial charge is 0.307 e. The summed E-state index contributed by atoms with van der Waals surface area (Å²) in [6.45, 7) is 0.702. The SMILES string of the molecule is Cn1ccnc1CCn1ccsc1=O. The molecule has 0 radical (unpaired) electrons. The minimum Gasteiger partial charge on any atom is -0.338 e. The average molecular weight is 209 g/mol. The van der Waals surface area contributed by atoms with Crippen molar-refractivity contribution in [3.63, 3.8) is 0 Å². The molecule has 74 valence electrons. The van der Waals surface area contributed by atoms with E-state index in [1.165, 1.54) is 11.3 Å². The normalized spacial score (nSPS) is 10.6. The third-order valence-electron chi connectivity index (χ3n) is 2.14. The molecule has 0 aromatic carbocycles. The second-order valence-electron chi connectivity index (χ2n) is 3.07. The molecule has 2 heterocycles. The van der Waals surface area contributed by atoms with Crippen molar-refractivity contribution in [2.24, 2.45) is 7.05 Å². The van der Waals surface area contributed by atoms with Gasteiger partial charge in [0.15, 0.2) is 0 Å². The highest BCUT2D eigenvalue weighted by Crippen LogP contribution is 1.98. The molecule has 2 rings (SSSR count). The summed E-state index contributed by atoms with van der Waals surface area (Å²) in [7, 11) is 1.96. The van der Waals surface area contributed by atoms with Gasteiger partial charge in [0.2, 0.25) is 0 Å². The van der Waals surface area contributed by atoms with Gasteiger partial charge in [0.1, 0.15) is 5.82 Å². The monoisotopic (exact) mass is 209 g/mol. The first-order valence-electron chi connectivity index (χ1n) is 4.37. The van der Waals surface area contributed by atoms with E-state index in [9.17, 15) is 4.79 Å². The minimum absolute atomic E-state index is 0.0965. The minimum atomic E-state index is 0.0965. The standard InChI is InChI=1S/C9H11N3OS/c1-11-5-3-10-8(11)2-4-12-6-7-14-9(12)13/h3,5-7H,2,4H2,1H3. The molecule has 0 spiro atoms. The van der Waals surface area contributed by atoms with Crippen molar-refractivity contribution in [1.82, 2.24) is 14.1 Å². The molecule has 0 aliphatic heterocycles. The summed E-state index contributed by atoms with van der Waals surface area (Å²) in [5, 5.41) is 1.81. The highest BCUT2D eigenvalue weighted by Gasteiger charge is 2.01. The lowest BCUT2D eigenvalue weighted by Gasteiger charge is -2.01. The predicted octanol–water partition coefficient (Wildman–Crippen LogP) is 0.886. The van der Waals surface area contributed by atoms with Gasteiger partial charge < -0.3 is 9.13 Å². The van der Waals surface area contributed by atoms with Crippen LogP contribution >= 0.6 is 11.3 Å². The lowest BCUT2D eigenvalue weighted by molar-refractivity contribution is 0.643. The lowest BCUT2D eigenvalue weighted by Crippen LogP contribution is -2.14. The molecule has 0 aliphatic carbocycles. The maximum atomic E-state index is 11.2. The van der Waals surface area contributed by atoms with Crippen LogP contribution in [0.3, 0.4) is 0 Å². The Bertz CT molecular complexity index is 468. The number of imidazole rings is 1. The summed E-state index contributed by atoms with van der Waals surface area (Å²) >= 11 is 1.23. The zero-order valence-corrected chi connectivity index (χ0v) is 8.70. The fourth-order valence-corrected chi connectivity index (χ4v) is 1.93. The number of rotatable bonds is 3. The molecule has 0 saturated heterocycles. The quantitative estimate of drug-likeness (QED) is 0.753. The Morgan fingerprint density at radius 3 is 2.93 bits per heavy atom. The van der Waals surface area contributed by atoms with E-state index >= 15 is 0 Å². The van der Waals surface area contributed by atoms with Crippen molar-refractivity contribution in [3.05, 3.63) is 39.5 Å². The van der Waals surface area contributed by atoms with E-state index in [4.69, 9.17) is 0 Å². The van der Waals surface area contributed by atoms with Crippen molar-refractivity contribution < 1.29 is 0 Å². The third-order valence-corrected chi connectivity index (χ3v) is 2.84. The van der Waals surface area contributed by atoms with Crippen molar-refractivity contribution in [1.29, 1.82) is 0 Å². The first-order valence-corrected chi connectivity index (χ1v) is 5.25. The van der Waals surface area contributed by atoms with Crippen LogP contribution in [0.4, 0.5) is 0 Å². The summed E-state index contributed by atoms with van der Waals surface area (Å²) in [6.07, 6.45) is 6.29. The second kappa shape index (κ2) is 3.79. The van der Waals surface area contributed by atoms with E-state index in [0.29, 0.717) is 6.54 Å². The van der Waals surface area contributed by atoms with E-state index in [1.807, 2.05) is 24.0 Å². The summed E-state index contributed by atoms with van der Waals surface area (Å²) in [6, 6.07) is 0. The molecule has 5 heteroatoms. The molecule has 2 aromatic heterocycles. The van der Waals surface area contributed by atoms with Crippen molar-refractivity contribution in [3.8, 4) is 0 Å². The van der Waals surface area contributed by atoms with Gasteiger partial charge in [0.05, 0.1) is 0 Å². The van der Waals surface area contributed by atoms with Gasteiger partial charge in [-0.1, -0.05) is 11.3 Å². The highest BCUT2D eigenvalue weighted by atomic mass is 32.1. The van der Waals surface area contributed by atoms with Crippen LogP contribution in [0.1, 0.15) is 5.82 Å². The van der Waals surface area contributed by atoms with Gasteiger partial charge in [-0.3, -0.25) is 4.79 Å². The fraction of sp³-hybridized carbons (Fsp3) is 0.333. The zero-order chi connectivity index (χ0) is 9.97. The number of thiazole rings is 1. The lowest BCUT2D eigenvalue weighted by atomic mass is 10.4. The predicted molar refractivity (Wildman–Crippen MR) is 55.5 cm³/mol. The van der Waals surface area contributed by atoms with Crippen molar-refractivity contribution >= 4 is 11.3 Å². The van der Waals surface area contributed by atoms with Crippen LogP contribution < -0.4 is 4.87 Å². The van der Waals surface area contributed by atoms with E-state index in [0.717, 1.165) is 12.2 Å². The Morgan fingerprint density at radius 2 is 2.36 bits per heavy atom. The van der Waals surface area contributed by atoms with Crippen LogP contribution in [0.15, 0.2) is 28.8 Å². The van der Waals surface area contributed by atoms with E-state index in [-0.39, 0.29) is 4.87 Å². The number of nitrogens with zero attached hydrogens (tertiary/aromatic N) is 3. The molecule has 0 unspecified atom stereocenters. The Balaban J connectivity index is 2.05. The molecular formula is C9H11N3OS. The van der Waals surface area contributed by atoms with Crippen LogP contribution in [-0.4, -0.2) is 14.1 Å².